The van der Waals surface area contributed by atoms with Crippen molar-refractivity contribution in [1.82, 2.24) is 14.5 Å². The largest absolute Gasteiger partial charge is 0.336 e. The summed E-state index contributed by atoms with van der Waals surface area (Å²) in [7, 11) is 1.82. The van der Waals surface area contributed by atoms with Gasteiger partial charge in [0, 0.05) is 26.1 Å². The second-order valence-corrected chi connectivity index (χ2v) is 4.26. The maximum atomic E-state index is 11.7. The van der Waals surface area contributed by atoms with Crippen LogP contribution in [0.1, 0.15) is 31.5 Å². The van der Waals surface area contributed by atoms with E-state index in [0.29, 0.717) is 6.42 Å². The van der Waals surface area contributed by atoms with Crippen molar-refractivity contribution in [3.05, 3.63) is 18.2 Å². The van der Waals surface area contributed by atoms with Gasteiger partial charge in [0.25, 0.3) is 0 Å². The average Bonchev–Trinajstić information content (AvgIpc) is 2.72. The minimum Gasteiger partial charge on any atom is -0.336 e. The Balaban J connectivity index is 2.33. The van der Waals surface area contributed by atoms with Crippen LogP contribution in [0.3, 0.4) is 0 Å². The first-order valence-corrected chi connectivity index (χ1v) is 5.66. The van der Waals surface area contributed by atoms with Crippen LogP contribution in [0.5, 0.6) is 0 Å². The molecule has 2 N–H and O–H groups in total. The average molecular weight is 222 g/mol. The summed E-state index contributed by atoms with van der Waals surface area (Å²) < 4.78 is 2.04. The third kappa shape index (κ3) is 1.71. The molecule has 0 saturated carbocycles. The molecule has 5 nitrogen and oxygen atoms in total. The monoisotopic (exact) mass is 222 g/mol. The number of nitrogens with zero attached hydrogens (tertiary/aromatic N) is 3. The molecule has 1 saturated heterocycles. The summed E-state index contributed by atoms with van der Waals surface area (Å²) in [5.74, 6) is 0.163. The van der Waals surface area contributed by atoms with Gasteiger partial charge in [0.05, 0.1) is 24.3 Å². The number of amides is 1. The lowest BCUT2D eigenvalue weighted by Crippen LogP contribution is -2.47. The van der Waals surface area contributed by atoms with Gasteiger partial charge in [-0.2, -0.15) is 0 Å². The number of rotatable bonds is 2. The summed E-state index contributed by atoms with van der Waals surface area (Å²) in [5, 5.41) is 0. The van der Waals surface area contributed by atoms with E-state index in [1.165, 1.54) is 0 Å². The van der Waals surface area contributed by atoms with E-state index < -0.39 is 0 Å². The molecule has 1 fully saturated rings. The fourth-order valence-electron chi connectivity index (χ4n) is 2.33. The second-order valence-electron chi connectivity index (χ2n) is 4.26. The van der Waals surface area contributed by atoms with Gasteiger partial charge in [-0.1, -0.05) is 0 Å². The van der Waals surface area contributed by atoms with Gasteiger partial charge in [0.15, 0.2) is 0 Å². The molecule has 2 unspecified atom stereocenters. The number of nitrogens with two attached hydrogens (primary N) is 1. The lowest BCUT2D eigenvalue weighted by atomic mass is 9.94. The third-order valence-electron chi connectivity index (χ3n) is 3.30. The lowest BCUT2D eigenvalue weighted by Gasteiger charge is -2.37. The van der Waals surface area contributed by atoms with Crippen molar-refractivity contribution >= 4 is 5.91 Å². The standard InChI is InChI=1S/C11H18N4O/c1-3-15-7-13-6-9(15)11-8(12)4-5-10(16)14(11)2/h6-8,11H,3-5,12H2,1-2H3. The van der Waals surface area contributed by atoms with Crippen molar-refractivity contribution in [2.75, 3.05) is 7.05 Å². The van der Waals surface area contributed by atoms with E-state index in [2.05, 4.69) is 11.9 Å². The molecule has 2 atom stereocenters. The van der Waals surface area contributed by atoms with Crippen LogP contribution in [0.4, 0.5) is 0 Å². The molecule has 2 rings (SSSR count). The number of hydrogen-bond donors (Lipinski definition) is 1. The van der Waals surface area contributed by atoms with Gasteiger partial charge in [-0.3, -0.25) is 4.79 Å². The Morgan fingerprint density at radius 2 is 2.38 bits per heavy atom. The minimum atomic E-state index is -0.0382. The fourth-order valence-corrected chi connectivity index (χ4v) is 2.33. The molecule has 1 aromatic rings. The van der Waals surface area contributed by atoms with E-state index in [0.717, 1.165) is 18.7 Å². The molecule has 0 radical (unpaired) electrons. The van der Waals surface area contributed by atoms with Crippen molar-refractivity contribution < 1.29 is 4.79 Å². The molecular weight excluding hydrogens is 204 g/mol. The summed E-state index contributed by atoms with van der Waals surface area (Å²) in [6, 6.07) is -0.0339. The normalized spacial score (nSPS) is 26.2. The van der Waals surface area contributed by atoms with E-state index in [-0.39, 0.29) is 18.0 Å². The van der Waals surface area contributed by atoms with E-state index in [1.807, 2.05) is 17.8 Å². The summed E-state index contributed by atoms with van der Waals surface area (Å²) in [5.41, 5.74) is 7.14. The molecule has 2 heterocycles. The van der Waals surface area contributed by atoms with Crippen LogP contribution in [-0.4, -0.2) is 33.4 Å². The zero-order chi connectivity index (χ0) is 11.7. The van der Waals surface area contributed by atoms with E-state index in [4.69, 9.17) is 5.73 Å². The van der Waals surface area contributed by atoms with Crippen molar-refractivity contribution in [3.63, 3.8) is 0 Å². The maximum Gasteiger partial charge on any atom is 0.222 e. The van der Waals surface area contributed by atoms with Crippen molar-refractivity contribution in [2.45, 2.75) is 38.4 Å². The SMILES string of the molecule is CCn1cncc1C1C(N)CCC(=O)N1C. The maximum absolute atomic E-state index is 11.7. The molecule has 0 aliphatic carbocycles. The Hall–Kier alpha value is -1.36. The first-order chi connectivity index (χ1) is 7.65. The second kappa shape index (κ2) is 4.25. The predicted octanol–water partition coefficient (Wildman–Crippen LogP) is 0.524. The van der Waals surface area contributed by atoms with Gasteiger partial charge in [-0.25, -0.2) is 4.98 Å². The van der Waals surface area contributed by atoms with Crippen molar-refractivity contribution in [2.24, 2.45) is 5.73 Å². The molecule has 16 heavy (non-hydrogen) atoms. The van der Waals surface area contributed by atoms with Crippen LogP contribution in [0, 0.1) is 0 Å². The van der Waals surface area contributed by atoms with Crippen LogP contribution in [0.15, 0.2) is 12.5 Å². The zero-order valence-electron chi connectivity index (χ0n) is 9.76. The molecular formula is C11H18N4O. The highest BCUT2D eigenvalue weighted by atomic mass is 16.2. The molecule has 5 heteroatoms. The van der Waals surface area contributed by atoms with Crippen LogP contribution in [-0.2, 0) is 11.3 Å². The molecule has 0 aromatic carbocycles. The Morgan fingerprint density at radius 1 is 1.62 bits per heavy atom. The number of piperidine rings is 1. The Bertz CT molecular complexity index is 387. The Morgan fingerprint density at radius 3 is 3.06 bits per heavy atom. The van der Waals surface area contributed by atoms with Crippen molar-refractivity contribution in [1.29, 1.82) is 0 Å². The number of carbonyl (C=O) groups excluding carboxylic acids is 1. The number of likely N-dealkylation sites (tertiary alicyclic amines) is 1. The van der Waals surface area contributed by atoms with Crippen LogP contribution in [0.2, 0.25) is 0 Å². The third-order valence-corrected chi connectivity index (χ3v) is 3.30. The summed E-state index contributed by atoms with van der Waals surface area (Å²) in [6.07, 6.45) is 4.90. The van der Waals surface area contributed by atoms with E-state index >= 15 is 0 Å². The minimum absolute atomic E-state index is 0.00435. The predicted molar refractivity (Wildman–Crippen MR) is 60.6 cm³/mol. The van der Waals surface area contributed by atoms with Gasteiger partial charge in [0.1, 0.15) is 0 Å². The Kier molecular flexibility index (Phi) is 2.96. The molecule has 88 valence electrons. The van der Waals surface area contributed by atoms with E-state index in [9.17, 15) is 4.79 Å². The van der Waals surface area contributed by atoms with Crippen LogP contribution in [0.25, 0.3) is 0 Å². The summed E-state index contributed by atoms with van der Waals surface area (Å²) in [4.78, 5) is 17.6. The number of aromatic nitrogens is 2. The number of likely N-dealkylation sites (N-methyl/N-ethyl adjacent to an activating group) is 1. The molecule has 1 aliphatic rings. The highest BCUT2D eigenvalue weighted by molar-refractivity contribution is 5.77. The van der Waals surface area contributed by atoms with Crippen LogP contribution >= 0.6 is 0 Å². The summed E-state index contributed by atoms with van der Waals surface area (Å²) >= 11 is 0. The smallest absolute Gasteiger partial charge is 0.222 e. The molecule has 1 aromatic heterocycles. The van der Waals surface area contributed by atoms with Gasteiger partial charge in [0.2, 0.25) is 5.91 Å². The van der Waals surface area contributed by atoms with Gasteiger partial charge in [-0.05, 0) is 13.3 Å². The molecule has 0 spiro atoms. The van der Waals surface area contributed by atoms with Crippen LogP contribution < -0.4 is 5.73 Å². The van der Waals surface area contributed by atoms with Crippen molar-refractivity contribution in [3.8, 4) is 0 Å². The lowest BCUT2D eigenvalue weighted by molar-refractivity contribution is -0.135. The zero-order valence-corrected chi connectivity index (χ0v) is 9.76. The van der Waals surface area contributed by atoms with E-state index in [1.54, 1.807) is 11.2 Å². The number of hydrogen-bond acceptors (Lipinski definition) is 3. The number of imidazole rings is 1. The summed E-state index contributed by atoms with van der Waals surface area (Å²) in [6.45, 7) is 2.90. The fraction of sp³-hybridized carbons (Fsp3) is 0.636. The first-order valence-electron chi connectivity index (χ1n) is 5.66. The van der Waals surface area contributed by atoms with Gasteiger partial charge < -0.3 is 15.2 Å². The highest BCUT2D eigenvalue weighted by Gasteiger charge is 2.34. The molecule has 0 bridgehead atoms. The quantitative estimate of drug-likeness (QED) is 0.793. The van der Waals surface area contributed by atoms with Gasteiger partial charge >= 0.3 is 0 Å². The number of aryl methyl sites for hydroxylation is 1. The molecule has 1 aliphatic heterocycles. The van der Waals surface area contributed by atoms with Gasteiger partial charge in [-0.15, -0.1) is 0 Å². The first kappa shape index (κ1) is 11.1. The topological polar surface area (TPSA) is 64.2 Å². The Labute approximate surface area is 95.2 Å². The number of carbonyl (C=O) groups is 1. The highest BCUT2D eigenvalue weighted by Crippen LogP contribution is 2.29. The molecule has 1 amide bonds.